The fourth-order valence-corrected chi connectivity index (χ4v) is 6.13. The van der Waals surface area contributed by atoms with Gasteiger partial charge in [-0.2, -0.15) is 0 Å². The van der Waals surface area contributed by atoms with Crippen LogP contribution < -0.4 is 51.4 Å². The molecule has 5 heteroatoms. The third-order valence-corrected chi connectivity index (χ3v) is 8.81. The maximum Gasteiger partial charge on any atom is 1.00 e. The van der Waals surface area contributed by atoms with E-state index in [1.165, 1.54) is 139 Å². The third-order valence-electron chi connectivity index (χ3n) is 7.98. The molecule has 0 bridgehead atoms. The Morgan fingerprint density at radius 1 is 0.564 bits per heavy atom. The van der Waals surface area contributed by atoms with Crippen LogP contribution >= 0.6 is 0 Å². The van der Waals surface area contributed by atoms with E-state index in [-0.39, 0.29) is 56.3 Å². The summed E-state index contributed by atoms with van der Waals surface area (Å²) in [6, 6.07) is 9.36. The predicted octanol–water partition coefficient (Wildman–Crippen LogP) is 7.67. The van der Waals surface area contributed by atoms with Gasteiger partial charge in [0.15, 0.2) is 0 Å². The van der Waals surface area contributed by atoms with Crippen LogP contribution in [-0.4, -0.2) is 13.0 Å². The molecule has 0 saturated heterocycles. The second-order valence-electron chi connectivity index (χ2n) is 11.5. The van der Waals surface area contributed by atoms with Crippen LogP contribution in [0.1, 0.15) is 153 Å². The van der Waals surface area contributed by atoms with Gasteiger partial charge in [0.1, 0.15) is 10.1 Å². The summed E-state index contributed by atoms with van der Waals surface area (Å²) >= 11 is 0. The maximum absolute atomic E-state index is 11.6. The number of unbranched alkanes of at least 4 members (excludes halogenated alkanes) is 18. The summed E-state index contributed by atoms with van der Waals surface area (Å²) in [6.45, 7) is 4.53. The molecule has 216 valence electrons. The molecule has 0 radical (unpaired) electrons. The molecule has 2 aromatic rings. The molecule has 2 aromatic carbocycles. The van der Waals surface area contributed by atoms with Crippen molar-refractivity contribution in [2.45, 2.75) is 160 Å². The number of aryl methyl sites for hydroxylation is 2. The van der Waals surface area contributed by atoms with E-state index in [4.69, 9.17) is 0 Å². The molecular formula is C34H55KO3S. The standard InChI is InChI=1S/C34H56O3S.K/c1-3-5-7-9-11-13-15-17-19-21-23-30-27-31(24-22-20-18-16-14-12-10-8-6-4-2)34-26-25-33(38(35,36)37)29-32(34)28-30;/h25-29H,3-24H2,1-2H3,(H,35,36,37);/q;+1/p-1. The summed E-state index contributed by atoms with van der Waals surface area (Å²) in [5.41, 5.74) is 2.58. The Bertz CT molecular complexity index is 1000. The van der Waals surface area contributed by atoms with Gasteiger partial charge in [0, 0.05) is 0 Å². The Labute approximate surface area is 283 Å². The van der Waals surface area contributed by atoms with Crippen LogP contribution in [0.4, 0.5) is 0 Å². The second-order valence-corrected chi connectivity index (χ2v) is 12.8. The minimum absolute atomic E-state index is 0. The molecule has 0 saturated carbocycles. The van der Waals surface area contributed by atoms with E-state index in [0.717, 1.165) is 30.0 Å². The zero-order valence-electron chi connectivity index (χ0n) is 25.6. The van der Waals surface area contributed by atoms with Crippen molar-refractivity contribution in [2.24, 2.45) is 0 Å². The monoisotopic (exact) mass is 582 g/mol. The largest absolute Gasteiger partial charge is 1.00 e. The number of hydrogen-bond acceptors (Lipinski definition) is 3. The van der Waals surface area contributed by atoms with E-state index >= 15 is 0 Å². The van der Waals surface area contributed by atoms with Gasteiger partial charge in [0.25, 0.3) is 0 Å². The van der Waals surface area contributed by atoms with Crippen LogP contribution in [0.3, 0.4) is 0 Å². The number of fused-ring (bicyclic) bond motifs is 1. The Morgan fingerprint density at radius 2 is 1.00 bits per heavy atom. The molecule has 0 heterocycles. The summed E-state index contributed by atoms with van der Waals surface area (Å²) in [6.07, 6.45) is 28.4. The van der Waals surface area contributed by atoms with Gasteiger partial charge in [-0.1, -0.05) is 148 Å². The van der Waals surface area contributed by atoms with E-state index < -0.39 is 10.1 Å². The Hall–Kier alpha value is 0.246. The molecule has 0 atom stereocenters. The van der Waals surface area contributed by atoms with Gasteiger partial charge < -0.3 is 4.55 Å². The van der Waals surface area contributed by atoms with Crippen molar-refractivity contribution in [2.75, 3.05) is 0 Å². The minimum atomic E-state index is -4.44. The summed E-state index contributed by atoms with van der Waals surface area (Å²) in [5.74, 6) is 0. The molecule has 0 amide bonds. The first-order valence-electron chi connectivity index (χ1n) is 16.0. The second kappa shape index (κ2) is 22.8. The van der Waals surface area contributed by atoms with E-state index in [1.54, 1.807) is 6.07 Å². The zero-order chi connectivity index (χ0) is 27.5. The van der Waals surface area contributed by atoms with Gasteiger partial charge >= 0.3 is 51.4 Å². The van der Waals surface area contributed by atoms with Crippen molar-refractivity contribution in [3.8, 4) is 0 Å². The molecular weight excluding hydrogens is 528 g/mol. The molecule has 0 N–H and O–H groups in total. The number of hydrogen-bond donors (Lipinski definition) is 0. The summed E-state index contributed by atoms with van der Waals surface area (Å²) in [4.78, 5) is -0.119. The Kier molecular flexibility index (Phi) is 21.8. The van der Waals surface area contributed by atoms with Crippen LogP contribution in [0.2, 0.25) is 0 Å². The van der Waals surface area contributed by atoms with Crippen molar-refractivity contribution in [1.29, 1.82) is 0 Å². The molecule has 2 rings (SSSR count). The summed E-state index contributed by atoms with van der Waals surface area (Å²) in [7, 11) is -4.44. The number of rotatable bonds is 23. The number of benzene rings is 2. The molecule has 0 aliphatic carbocycles. The maximum atomic E-state index is 11.6. The fourth-order valence-electron chi connectivity index (χ4n) is 5.62. The molecule has 0 spiro atoms. The predicted molar refractivity (Wildman–Crippen MR) is 163 cm³/mol. The summed E-state index contributed by atoms with van der Waals surface area (Å²) in [5, 5.41) is 1.99. The van der Waals surface area contributed by atoms with Crippen molar-refractivity contribution in [3.05, 3.63) is 41.5 Å². The van der Waals surface area contributed by atoms with Crippen LogP contribution in [0.15, 0.2) is 35.2 Å². The van der Waals surface area contributed by atoms with Crippen molar-refractivity contribution in [3.63, 3.8) is 0 Å². The van der Waals surface area contributed by atoms with Gasteiger partial charge in [0.05, 0.1) is 4.90 Å². The van der Waals surface area contributed by atoms with Crippen molar-refractivity contribution in [1.82, 2.24) is 0 Å². The van der Waals surface area contributed by atoms with Gasteiger partial charge in [-0.25, -0.2) is 8.42 Å². The third kappa shape index (κ3) is 16.5. The Balaban J connectivity index is 0.00000760. The van der Waals surface area contributed by atoms with E-state index in [2.05, 4.69) is 26.0 Å². The van der Waals surface area contributed by atoms with Crippen molar-refractivity contribution >= 4 is 20.9 Å². The molecule has 0 unspecified atom stereocenters. The first kappa shape index (κ1) is 37.3. The fraction of sp³-hybridized carbons (Fsp3) is 0.706. The molecule has 0 fully saturated rings. The zero-order valence-corrected chi connectivity index (χ0v) is 29.5. The topological polar surface area (TPSA) is 57.2 Å². The van der Waals surface area contributed by atoms with Gasteiger partial charge in [-0.05, 0) is 59.7 Å². The van der Waals surface area contributed by atoms with Crippen LogP contribution in [0.25, 0.3) is 10.8 Å². The normalized spacial score (nSPS) is 11.7. The smallest absolute Gasteiger partial charge is 0.744 e. The van der Waals surface area contributed by atoms with Gasteiger partial charge in [0.2, 0.25) is 0 Å². The average molecular weight is 583 g/mol. The Morgan fingerprint density at radius 3 is 1.46 bits per heavy atom. The van der Waals surface area contributed by atoms with Crippen LogP contribution in [0, 0.1) is 0 Å². The van der Waals surface area contributed by atoms with E-state index in [1.807, 2.05) is 6.07 Å². The molecule has 3 nitrogen and oxygen atoms in total. The molecule has 39 heavy (non-hydrogen) atoms. The molecule has 0 aromatic heterocycles. The van der Waals surface area contributed by atoms with Crippen molar-refractivity contribution < 1.29 is 64.4 Å². The van der Waals surface area contributed by atoms with Gasteiger partial charge in [-0.3, -0.25) is 0 Å². The quantitative estimate of drug-likeness (QED) is 0.0767. The first-order valence-corrected chi connectivity index (χ1v) is 17.4. The minimum Gasteiger partial charge on any atom is -0.744 e. The van der Waals surface area contributed by atoms with E-state index in [9.17, 15) is 13.0 Å². The summed E-state index contributed by atoms with van der Waals surface area (Å²) < 4.78 is 34.9. The first-order chi connectivity index (χ1) is 18.5. The molecule has 0 aliphatic rings. The molecule has 0 aliphatic heterocycles. The van der Waals surface area contributed by atoms with Crippen LogP contribution in [0.5, 0.6) is 0 Å². The van der Waals surface area contributed by atoms with E-state index in [0.29, 0.717) is 0 Å². The SMILES string of the molecule is CCCCCCCCCCCCc1cc(CCCCCCCCCCCC)c2ccc(S(=O)(=O)[O-])cc2c1.[K+]. The van der Waals surface area contributed by atoms with Gasteiger partial charge in [-0.15, -0.1) is 0 Å². The average Bonchev–Trinajstić information content (AvgIpc) is 2.90. The van der Waals surface area contributed by atoms with Crippen LogP contribution in [-0.2, 0) is 23.0 Å².